The minimum atomic E-state index is -2.06. The third-order valence-corrected chi connectivity index (χ3v) is 28.3. The maximum Gasteiger partial charge on any atom is 0.334 e. The molecule has 20 nitrogen and oxygen atoms in total. The van der Waals surface area contributed by atoms with Gasteiger partial charge in [-0.25, -0.2) is 0 Å². The summed E-state index contributed by atoms with van der Waals surface area (Å²) in [7, 11) is -4.13. The second kappa shape index (κ2) is 48.4. The van der Waals surface area contributed by atoms with Crippen LogP contribution in [0.4, 0.5) is 0 Å². The van der Waals surface area contributed by atoms with Crippen LogP contribution in [0, 0.1) is 0 Å². The van der Waals surface area contributed by atoms with Crippen LogP contribution in [0.2, 0.25) is 25.2 Å². The van der Waals surface area contributed by atoms with Gasteiger partial charge in [0.05, 0.1) is 24.2 Å². The molecule has 0 bridgehead atoms. The van der Waals surface area contributed by atoms with E-state index >= 15 is 0 Å². The van der Waals surface area contributed by atoms with E-state index in [9.17, 15) is 39.6 Å². The number of benzene rings is 4. The van der Waals surface area contributed by atoms with Crippen molar-refractivity contribution in [2.75, 3.05) is 26.4 Å². The highest BCUT2D eigenvalue weighted by Crippen LogP contribution is 2.42. The summed E-state index contributed by atoms with van der Waals surface area (Å²) >= 11 is 0. The van der Waals surface area contributed by atoms with E-state index in [1.807, 2.05) is 111 Å². The Balaban J connectivity index is 1.01. The molecule has 0 aliphatic heterocycles. The molecule has 4 aromatic carbocycles. The number of unbranched alkanes of at least 4 members (excludes halogenated alkanes) is 16. The number of aromatic hydroxyl groups is 4. The maximum absolute atomic E-state index is 13.6. The van der Waals surface area contributed by atoms with E-state index in [0.717, 1.165) is 128 Å². The van der Waals surface area contributed by atoms with Crippen LogP contribution in [-0.4, -0.2) is 137 Å². The molecule has 6 rings (SSSR count). The molecule has 652 valence electrons. The molecule has 4 N–H and O–H groups in total. The van der Waals surface area contributed by atoms with Crippen LogP contribution >= 0.6 is 0 Å². The van der Waals surface area contributed by atoms with Gasteiger partial charge in [0.1, 0.15) is 46.0 Å². The number of hydrogen-bond donors (Lipinski definition) is 4. The van der Waals surface area contributed by atoms with Gasteiger partial charge >= 0.3 is 41.0 Å². The largest absolute Gasteiger partial charge is 0.507 e. The Morgan fingerprint density at radius 2 is 0.513 bits per heavy atom. The van der Waals surface area contributed by atoms with E-state index < -0.39 is 50.7 Å². The van der Waals surface area contributed by atoms with E-state index in [1.165, 1.54) is 38.5 Å². The van der Waals surface area contributed by atoms with Crippen molar-refractivity contribution in [1.82, 2.24) is 0 Å². The van der Waals surface area contributed by atoms with Gasteiger partial charge < -0.3 is 57.1 Å². The normalized spacial score (nSPS) is 16.8. The van der Waals surface area contributed by atoms with Crippen molar-refractivity contribution in [3.63, 3.8) is 0 Å². The van der Waals surface area contributed by atoms with E-state index in [2.05, 4.69) is 13.1 Å². The lowest BCUT2D eigenvalue weighted by Gasteiger charge is -2.26. The van der Waals surface area contributed by atoms with Crippen LogP contribution in [0.1, 0.15) is 354 Å². The Kier molecular flexibility index (Phi) is 40.8. The van der Waals surface area contributed by atoms with Crippen molar-refractivity contribution < 1.29 is 76.3 Å². The summed E-state index contributed by atoms with van der Waals surface area (Å²) in [6.45, 7) is 39.1. The summed E-state index contributed by atoms with van der Waals surface area (Å²) in [5.74, 6) is -0.0395. The standard InChI is InChI=1S/C95H148N4O16Si2/c1-19-108-116(17,109-20-2)54-44-33-29-25-23-27-31-36-50-84(100)112-72-56-68(88(104)76(60-72)92(5,6)7)64-96-80-46-40-42-48-82(80)98-66-70-58-74(62-78(90(70)106)94(11,12)13)114-86(102)52-38-35-39-53-87(103)115-75-59-71(91(107)79(63-75)95(14,15)16)67-99-83-49-43-41-47-81(83)97-65-69-57-73(61-77(89(69)105)93(8,9)10)113-85(101)51-37-32-28-24-26-30-34-45-55-117(18,110-21-3)111-22-4/h56-67,80-83,104-107H,19-55H2,1-18H3/b96-64+,97-65+,98-66+,99-67+/t80-,81-,82-,83-/m1/s1. The molecule has 2 fully saturated rings. The summed E-state index contributed by atoms with van der Waals surface area (Å²) in [4.78, 5) is 73.7. The first-order valence-corrected chi connectivity index (χ1v) is 49.5. The molecular weight excluding hydrogens is 1510 g/mol. The lowest BCUT2D eigenvalue weighted by Crippen LogP contribution is -2.38. The number of phenolic OH excluding ortho intramolecular Hbond substituents is 4. The SMILES string of the molecule is CCO[Si](C)(CCCCCCCCCCC(=O)Oc1cc(/C=N/[C@@H]2CCCC[C@H]2/N=C/c2cc(OC(=O)CCCCCC(=O)Oc3cc(/C=N/[C@@H]4CCCC[C@H]4/N=C/c4cc(OC(=O)CCCCCCCCCC[Si](C)(OCC)OCC)cc(C(C)(C)C)c4O)c(O)c(C(C)(C)C)c3)cc(C(C)(C)C)c2O)c(O)c(C(C)(C)C)c1)OCC. The summed E-state index contributed by atoms with van der Waals surface area (Å²) in [5, 5.41) is 46.8. The van der Waals surface area contributed by atoms with Gasteiger partial charge in [0.25, 0.3) is 0 Å². The summed E-state index contributed by atoms with van der Waals surface area (Å²) < 4.78 is 47.8. The molecule has 2 aliphatic carbocycles. The van der Waals surface area contributed by atoms with Crippen LogP contribution in [0.5, 0.6) is 46.0 Å². The summed E-state index contributed by atoms with van der Waals surface area (Å²) in [6.07, 6.45) is 32.6. The van der Waals surface area contributed by atoms with Crippen LogP contribution < -0.4 is 18.9 Å². The number of hydrogen-bond acceptors (Lipinski definition) is 20. The average molecular weight is 1660 g/mol. The van der Waals surface area contributed by atoms with Gasteiger partial charge in [-0.15, -0.1) is 0 Å². The zero-order chi connectivity index (χ0) is 86.0. The lowest BCUT2D eigenvalue weighted by molar-refractivity contribution is -0.135. The van der Waals surface area contributed by atoms with Crippen molar-refractivity contribution in [2.24, 2.45) is 20.0 Å². The molecule has 2 saturated carbocycles. The van der Waals surface area contributed by atoms with Gasteiger partial charge in [-0.2, -0.15) is 0 Å². The Morgan fingerprint density at radius 1 is 0.325 bits per heavy atom. The minimum absolute atomic E-state index is 0.0366. The fourth-order valence-electron chi connectivity index (χ4n) is 15.6. The molecule has 0 unspecified atom stereocenters. The summed E-state index contributed by atoms with van der Waals surface area (Å²) in [5.41, 5.74) is 2.15. The topological polar surface area (TPSA) is 272 Å². The maximum atomic E-state index is 13.6. The Morgan fingerprint density at radius 3 is 0.709 bits per heavy atom. The zero-order valence-electron chi connectivity index (χ0n) is 74.9. The summed E-state index contributed by atoms with van der Waals surface area (Å²) in [6, 6.07) is 14.5. The number of rotatable bonds is 48. The molecule has 0 heterocycles. The molecule has 0 aromatic heterocycles. The van der Waals surface area contributed by atoms with E-state index in [1.54, 1.807) is 73.4 Å². The number of nitrogens with zero attached hydrogens (tertiary/aromatic N) is 4. The number of phenols is 4. The number of esters is 4. The first kappa shape index (κ1) is 98.7. The first-order chi connectivity index (χ1) is 55.4. The van der Waals surface area contributed by atoms with Crippen molar-refractivity contribution in [3.05, 3.63) is 93.0 Å². The molecule has 4 aromatic rings. The number of ether oxygens (including phenoxy) is 4. The Bertz CT molecular complexity index is 3640. The third-order valence-electron chi connectivity index (χ3n) is 22.2. The fraction of sp³-hybridized carbons (Fsp3) is 0.663. The smallest absolute Gasteiger partial charge is 0.334 e. The second-order valence-electron chi connectivity index (χ2n) is 36.7. The second-order valence-corrected chi connectivity index (χ2v) is 43.4. The molecular formula is C95H148N4O16Si2. The van der Waals surface area contributed by atoms with Gasteiger partial charge in [0.2, 0.25) is 0 Å². The van der Waals surface area contributed by atoms with Gasteiger partial charge in [-0.1, -0.05) is 205 Å². The number of carbonyl (C=O) groups is 4. The molecule has 0 radical (unpaired) electrons. The molecule has 0 saturated heterocycles. The Hall–Kier alpha value is -7.09. The molecule has 22 heteroatoms. The first-order valence-electron chi connectivity index (χ1n) is 44.4. The van der Waals surface area contributed by atoms with Crippen molar-refractivity contribution in [3.8, 4) is 46.0 Å². The van der Waals surface area contributed by atoms with Crippen LogP contribution in [-0.2, 0) is 58.5 Å². The molecule has 0 amide bonds. The van der Waals surface area contributed by atoms with Crippen molar-refractivity contribution in [2.45, 2.75) is 381 Å². The zero-order valence-corrected chi connectivity index (χ0v) is 76.9. The average Bonchev–Trinajstić information content (AvgIpc) is 0.812. The van der Waals surface area contributed by atoms with Crippen LogP contribution in [0.25, 0.3) is 0 Å². The van der Waals surface area contributed by atoms with Gasteiger partial charge in [-0.05, 0) is 174 Å². The van der Waals surface area contributed by atoms with Crippen molar-refractivity contribution in [1.29, 1.82) is 0 Å². The van der Waals surface area contributed by atoms with E-state index in [-0.39, 0.29) is 83.4 Å². The molecule has 2 aliphatic rings. The highest BCUT2D eigenvalue weighted by atomic mass is 28.4. The fourth-order valence-corrected chi connectivity index (χ4v) is 20.6. The number of carbonyl (C=O) groups excluding carboxylic acids is 4. The van der Waals surface area contributed by atoms with Crippen LogP contribution in [0.15, 0.2) is 68.5 Å². The quantitative estimate of drug-likeness (QED) is 0.0105. The highest BCUT2D eigenvalue weighted by molar-refractivity contribution is 6.66. The predicted octanol–water partition coefficient (Wildman–Crippen LogP) is 23.0. The molecule has 4 atom stereocenters. The van der Waals surface area contributed by atoms with Gasteiger partial charge in [0.15, 0.2) is 0 Å². The monoisotopic (exact) mass is 1660 g/mol. The minimum Gasteiger partial charge on any atom is -0.507 e. The Labute approximate surface area is 704 Å². The lowest BCUT2D eigenvalue weighted by atomic mass is 9.85. The van der Waals surface area contributed by atoms with Crippen molar-refractivity contribution >= 4 is 65.9 Å². The molecule has 117 heavy (non-hydrogen) atoms. The van der Waals surface area contributed by atoms with E-state index in [4.69, 9.17) is 56.6 Å². The van der Waals surface area contributed by atoms with Gasteiger partial charge in [-0.3, -0.25) is 39.1 Å². The number of aliphatic imine (C=N–C) groups is 4. The van der Waals surface area contributed by atoms with Gasteiger partial charge in [0, 0.05) is 121 Å². The third kappa shape index (κ3) is 34.2. The van der Waals surface area contributed by atoms with Crippen LogP contribution in [0.3, 0.4) is 0 Å². The van der Waals surface area contributed by atoms with E-state index in [0.29, 0.717) is 115 Å². The molecule has 0 spiro atoms. The predicted molar refractivity (Wildman–Crippen MR) is 478 cm³/mol. The highest BCUT2D eigenvalue weighted by Gasteiger charge is 2.34.